The van der Waals surface area contributed by atoms with Gasteiger partial charge in [-0.15, -0.1) is 0 Å². The van der Waals surface area contributed by atoms with E-state index < -0.39 is 24.3 Å². The predicted octanol–water partition coefficient (Wildman–Crippen LogP) is 1.45. The molecule has 4 aromatic rings. The summed E-state index contributed by atoms with van der Waals surface area (Å²) < 4.78 is 63.1. The second-order valence-electron chi connectivity index (χ2n) is 9.64. The highest BCUT2D eigenvalue weighted by atomic mass is 19.4. The van der Waals surface area contributed by atoms with Crippen molar-refractivity contribution in [1.82, 2.24) is 19.9 Å². The smallest absolute Gasteiger partial charge is 0.430 e. The van der Waals surface area contributed by atoms with Gasteiger partial charge < -0.3 is 35.3 Å². The Labute approximate surface area is 252 Å². The molecule has 45 heavy (non-hydrogen) atoms. The van der Waals surface area contributed by atoms with Crippen molar-refractivity contribution in [2.75, 3.05) is 38.1 Å². The molecule has 2 aromatic heterocycles. The number of benzene rings is 2. The van der Waals surface area contributed by atoms with E-state index >= 15 is 0 Å². The lowest BCUT2D eigenvalue weighted by molar-refractivity contribution is -0.386. The van der Waals surface area contributed by atoms with Gasteiger partial charge in [0.15, 0.2) is 5.65 Å². The average molecular weight is 638 g/mol. The van der Waals surface area contributed by atoms with Crippen LogP contribution in [0.1, 0.15) is 5.56 Å². The Morgan fingerprint density at radius 1 is 0.822 bits per heavy atom. The zero-order chi connectivity index (χ0) is 33.4. The minimum Gasteiger partial charge on any atom is -0.542 e. The van der Waals surface area contributed by atoms with Gasteiger partial charge in [0, 0.05) is 54.5 Å². The molecule has 240 valence electrons. The van der Waals surface area contributed by atoms with Crippen molar-refractivity contribution in [3.63, 3.8) is 0 Å². The maximum atomic E-state index is 10.5. The summed E-state index contributed by atoms with van der Waals surface area (Å²) in [5, 5.41) is 18.5. The van der Waals surface area contributed by atoms with Crippen LogP contribution in [0.3, 0.4) is 0 Å². The zero-order valence-electron chi connectivity index (χ0n) is 23.7. The van der Waals surface area contributed by atoms with E-state index in [0.29, 0.717) is 0 Å². The van der Waals surface area contributed by atoms with E-state index in [1.54, 1.807) is 0 Å². The van der Waals surface area contributed by atoms with Crippen LogP contribution >= 0.6 is 0 Å². The Kier molecular flexibility index (Phi) is 11.4. The van der Waals surface area contributed by atoms with E-state index in [2.05, 4.69) is 82.2 Å². The summed E-state index contributed by atoms with van der Waals surface area (Å²) in [5.74, 6) is -5.25. The highest BCUT2D eigenvalue weighted by Gasteiger charge is 2.29. The van der Waals surface area contributed by atoms with E-state index in [1.165, 1.54) is 5.56 Å². The van der Waals surface area contributed by atoms with Crippen LogP contribution in [0, 0.1) is 0 Å². The minimum absolute atomic E-state index is 0.736. The Morgan fingerprint density at radius 2 is 1.36 bits per heavy atom. The number of pyridine rings is 1. The number of anilines is 1. The topological polar surface area (TPSA) is 153 Å². The molecule has 0 atom stereocenters. The SMILES string of the molecule is CN1CCN(c2ncc3cc(-c4ccccc4)c(-c4ccc(C[NH3+])cc4)nc3n2)CC1.O=C([O-])C(F)(F)F.O=C([O-])C(F)(F)F. The summed E-state index contributed by atoms with van der Waals surface area (Å²) in [6, 6.07) is 21.1. The number of fused-ring (bicyclic) bond motifs is 1. The third-order valence-corrected chi connectivity index (χ3v) is 6.41. The molecule has 0 saturated carbocycles. The third kappa shape index (κ3) is 9.84. The molecule has 3 N–H and O–H groups in total. The van der Waals surface area contributed by atoms with Crippen LogP contribution in [0.15, 0.2) is 66.9 Å². The number of aliphatic carboxylic acids is 2. The first-order valence-electron chi connectivity index (χ1n) is 13.2. The maximum absolute atomic E-state index is 10.5. The second-order valence-corrected chi connectivity index (χ2v) is 9.64. The number of aromatic nitrogens is 3. The number of alkyl halides is 6. The number of halogens is 6. The molecular formula is C29H27F6N6O4-. The van der Waals surface area contributed by atoms with Gasteiger partial charge in [0.25, 0.3) is 0 Å². The number of hydrogen-bond donors (Lipinski definition) is 1. The number of nitrogens with zero attached hydrogens (tertiary/aromatic N) is 5. The first kappa shape index (κ1) is 34.7. The molecule has 1 saturated heterocycles. The first-order chi connectivity index (χ1) is 21.1. The lowest BCUT2D eigenvalue weighted by atomic mass is 9.98. The molecular weight excluding hydrogens is 610 g/mol. The average Bonchev–Trinajstić information content (AvgIpc) is 3.00. The van der Waals surface area contributed by atoms with E-state index in [-0.39, 0.29) is 0 Å². The number of hydrogen-bond acceptors (Lipinski definition) is 9. The van der Waals surface area contributed by atoms with Crippen LogP contribution in [0.25, 0.3) is 33.4 Å². The molecule has 0 bridgehead atoms. The van der Waals surface area contributed by atoms with Crippen molar-refractivity contribution in [1.29, 1.82) is 0 Å². The second kappa shape index (κ2) is 14.8. The highest BCUT2D eigenvalue weighted by molar-refractivity contribution is 5.90. The van der Waals surface area contributed by atoms with Crippen LogP contribution in [0.2, 0.25) is 0 Å². The molecule has 2 aromatic carbocycles. The molecule has 3 heterocycles. The maximum Gasteiger partial charge on any atom is 0.430 e. The minimum atomic E-state index is -5.19. The largest absolute Gasteiger partial charge is 0.542 e. The number of carboxylic acid groups (broad SMARTS) is 2. The Hall–Kier alpha value is -4.83. The fourth-order valence-electron chi connectivity index (χ4n) is 4.00. The van der Waals surface area contributed by atoms with Crippen LogP contribution in [0.4, 0.5) is 32.3 Å². The fraction of sp³-hybridized carbons (Fsp3) is 0.276. The number of carbonyl (C=O) groups is 2. The molecule has 0 aliphatic carbocycles. The summed E-state index contributed by atoms with van der Waals surface area (Å²) in [6.07, 6.45) is -8.48. The van der Waals surface area contributed by atoms with Gasteiger partial charge in [0.2, 0.25) is 5.95 Å². The van der Waals surface area contributed by atoms with Gasteiger partial charge in [0.1, 0.15) is 11.9 Å². The van der Waals surface area contributed by atoms with Crippen molar-refractivity contribution in [3.05, 3.63) is 72.4 Å². The lowest BCUT2D eigenvalue weighted by Crippen LogP contribution is -2.47. The Bertz CT molecular complexity index is 1570. The van der Waals surface area contributed by atoms with Crippen LogP contribution in [-0.2, 0) is 16.1 Å². The third-order valence-electron chi connectivity index (χ3n) is 6.41. The molecule has 0 spiro atoms. The molecule has 1 aliphatic heterocycles. The molecule has 0 unspecified atom stereocenters. The van der Waals surface area contributed by atoms with Gasteiger partial charge in [-0.05, 0) is 18.7 Å². The van der Waals surface area contributed by atoms with E-state index in [1.807, 2.05) is 12.3 Å². The van der Waals surface area contributed by atoms with Crippen molar-refractivity contribution < 1.29 is 51.9 Å². The molecule has 1 aliphatic rings. The van der Waals surface area contributed by atoms with Crippen LogP contribution in [0.5, 0.6) is 0 Å². The standard InChI is InChI=1S/C25H26N6.2C2HF3O2/c1-30-11-13-31(14-12-30)25-27-17-21-15-22(19-5-3-2-4-6-19)23(28-24(21)29-25)20-9-7-18(16-26)8-10-20;2*3-2(4,5)1(6)7/h2-10,15,17H,11-14,16,26H2,1H3;2*(H,6,7)/p-1. The summed E-state index contributed by atoms with van der Waals surface area (Å²) in [6.45, 7) is 4.68. The van der Waals surface area contributed by atoms with Gasteiger partial charge >= 0.3 is 12.4 Å². The zero-order valence-corrected chi connectivity index (χ0v) is 23.7. The van der Waals surface area contributed by atoms with Crippen LogP contribution < -0.4 is 20.8 Å². The molecule has 5 rings (SSSR count). The predicted molar refractivity (Wildman–Crippen MR) is 147 cm³/mol. The number of likely N-dealkylation sites (N-methyl/N-ethyl adjacent to an activating group) is 1. The monoisotopic (exact) mass is 637 g/mol. The number of carbonyl (C=O) groups excluding carboxylic acids is 2. The fourth-order valence-corrected chi connectivity index (χ4v) is 4.00. The number of rotatable bonds is 4. The van der Waals surface area contributed by atoms with E-state index in [9.17, 15) is 26.3 Å². The van der Waals surface area contributed by atoms with Gasteiger partial charge in [-0.1, -0.05) is 54.6 Å². The molecule has 1 fully saturated rings. The number of carboxylic acids is 2. The van der Waals surface area contributed by atoms with Crippen molar-refractivity contribution in [3.8, 4) is 22.4 Å². The molecule has 16 heteroatoms. The normalized spacial score (nSPS) is 13.7. The van der Waals surface area contributed by atoms with Crippen molar-refractivity contribution in [2.45, 2.75) is 18.9 Å². The Balaban J connectivity index is 0.000000331. The lowest BCUT2D eigenvalue weighted by Gasteiger charge is -2.32. The van der Waals surface area contributed by atoms with Gasteiger partial charge in [-0.25, -0.2) is 9.97 Å². The molecule has 0 radical (unpaired) electrons. The van der Waals surface area contributed by atoms with Gasteiger partial charge in [-0.2, -0.15) is 31.3 Å². The first-order valence-corrected chi connectivity index (χ1v) is 13.2. The van der Waals surface area contributed by atoms with E-state index in [4.69, 9.17) is 29.8 Å². The summed E-state index contributed by atoms with van der Waals surface area (Å²) in [4.78, 5) is 36.7. The van der Waals surface area contributed by atoms with E-state index in [0.717, 1.165) is 72.1 Å². The highest BCUT2D eigenvalue weighted by Crippen LogP contribution is 2.33. The summed E-state index contributed by atoms with van der Waals surface area (Å²) in [5.41, 5.74) is 10.2. The molecule has 10 nitrogen and oxygen atoms in total. The van der Waals surface area contributed by atoms with Crippen molar-refractivity contribution in [2.24, 2.45) is 0 Å². The van der Waals surface area contributed by atoms with Crippen LogP contribution in [-0.4, -0.2) is 77.4 Å². The molecule has 0 amide bonds. The summed E-state index contributed by atoms with van der Waals surface area (Å²) >= 11 is 0. The van der Waals surface area contributed by atoms with Crippen molar-refractivity contribution >= 4 is 28.9 Å². The van der Waals surface area contributed by atoms with Gasteiger partial charge in [0.05, 0.1) is 12.2 Å². The number of quaternary nitrogens is 1. The quantitative estimate of drug-likeness (QED) is 0.328. The summed E-state index contributed by atoms with van der Waals surface area (Å²) in [7, 11) is 2.15. The Morgan fingerprint density at radius 3 is 1.84 bits per heavy atom. The number of piperazine rings is 1. The van der Waals surface area contributed by atoms with Gasteiger partial charge in [-0.3, -0.25) is 0 Å².